The summed E-state index contributed by atoms with van der Waals surface area (Å²) in [4.78, 5) is 10.2. The molecule has 4 heterocycles. The Morgan fingerprint density at radius 2 is 1.68 bits per heavy atom. The van der Waals surface area contributed by atoms with Gasteiger partial charge >= 0.3 is 0 Å². The van der Waals surface area contributed by atoms with E-state index in [1.165, 1.54) is 11.6 Å². The number of fused-ring (bicyclic) bond motifs is 1. The molecule has 0 radical (unpaired) electrons. The topological polar surface area (TPSA) is 55.7 Å². The molecule has 0 aliphatic carbocycles. The molecule has 7 nitrogen and oxygen atoms in total. The molecule has 2 aliphatic rings. The van der Waals surface area contributed by atoms with E-state index in [1.807, 2.05) is 41.1 Å². The zero-order valence-electron chi connectivity index (χ0n) is 27.7. The molecule has 2 aromatic heterocycles. The van der Waals surface area contributed by atoms with Crippen LogP contribution in [0.15, 0.2) is 84.9 Å². The Morgan fingerprint density at radius 1 is 0.915 bits per heavy atom. The molecule has 0 N–H and O–H groups in total. The van der Waals surface area contributed by atoms with Gasteiger partial charge in [0, 0.05) is 61.9 Å². The van der Waals surface area contributed by atoms with E-state index in [4.69, 9.17) is 19.6 Å². The maximum Gasteiger partial charge on any atom is 0.161 e. The predicted molar refractivity (Wildman–Crippen MR) is 183 cm³/mol. The molecule has 5 aromatic rings. The molecular weight excluding hydrogens is 589 g/mol. The molecule has 2 saturated heterocycles. The lowest BCUT2D eigenvalue weighted by molar-refractivity contribution is -0.0371. The van der Waals surface area contributed by atoms with E-state index in [9.17, 15) is 0 Å². The molecule has 1 atom stereocenters. The highest BCUT2D eigenvalue weighted by atomic mass is 19.1. The molecule has 47 heavy (non-hydrogen) atoms. The fraction of sp³-hybridized carbons (Fsp3) is 0.385. The van der Waals surface area contributed by atoms with Crippen LogP contribution in [0.25, 0.3) is 22.3 Å². The SMILES string of the molecule is Cc1nn(C2CCCCO2)c2nc(-c3ccc(OCc4ccccc4)cc3F)cc(CN3CCN(Cc4ccccc4)CC3(C)C)c12. The van der Waals surface area contributed by atoms with Crippen molar-refractivity contribution in [3.8, 4) is 17.0 Å². The molecule has 2 fully saturated rings. The third-order valence-corrected chi connectivity index (χ3v) is 9.57. The van der Waals surface area contributed by atoms with Crippen LogP contribution in [0.3, 0.4) is 0 Å². The van der Waals surface area contributed by atoms with Crippen molar-refractivity contribution in [3.63, 3.8) is 0 Å². The van der Waals surface area contributed by atoms with E-state index in [0.29, 0.717) is 30.2 Å². The van der Waals surface area contributed by atoms with E-state index in [0.717, 1.165) is 79.8 Å². The quantitative estimate of drug-likeness (QED) is 0.164. The average Bonchev–Trinajstić information content (AvgIpc) is 3.42. The van der Waals surface area contributed by atoms with Crippen LogP contribution in [0, 0.1) is 12.7 Å². The maximum absolute atomic E-state index is 15.9. The first-order valence-electron chi connectivity index (χ1n) is 16.8. The smallest absolute Gasteiger partial charge is 0.161 e. The summed E-state index contributed by atoms with van der Waals surface area (Å²) in [5.41, 5.74) is 6.13. The summed E-state index contributed by atoms with van der Waals surface area (Å²) >= 11 is 0. The third kappa shape index (κ3) is 6.96. The van der Waals surface area contributed by atoms with Crippen molar-refractivity contribution < 1.29 is 13.9 Å². The van der Waals surface area contributed by atoms with E-state index in [2.05, 4.69) is 67.0 Å². The van der Waals surface area contributed by atoms with Crippen molar-refractivity contribution >= 4 is 11.0 Å². The Bertz CT molecular complexity index is 1820. The van der Waals surface area contributed by atoms with Crippen LogP contribution in [-0.4, -0.2) is 56.3 Å². The highest BCUT2D eigenvalue weighted by molar-refractivity contribution is 5.85. The van der Waals surface area contributed by atoms with Gasteiger partial charge in [-0.2, -0.15) is 5.10 Å². The first-order chi connectivity index (χ1) is 22.8. The Labute approximate surface area is 276 Å². The van der Waals surface area contributed by atoms with Gasteiger partial charge in [0.2, 0.25) is 0 Å². The van der Waals surface area contributed by atoms with E-state index >= 15 is 4.39 Å². The third-order valence-electron chi connectivity index (χ3n) is 9.57. The summed E-state index contributed by atoms with van der Waals surface area (Å²) < 4.78 is 29.9. The molecule has 2 aliphatic heterocycles. The van der Waals surface area contributed by atoms with Gasteiger partial charge in [0.1, 0.15) is 18.2 Å². The monoisotopic (exact) mass is 633 g/mol. The number of aromatic nitrogens is 3. The molecule has 0 saturated carbocycles. The summed E-state index contributed by atoms with van der Waals surface area (Å²) in [5.74, 6) is 0.128. The molecule has 3 aromatic carbocycles. The molecule has 8 heteroatoms. The van der Waals surface area contributed by atoms with Gasteiger partial charge in [-0.1, -0.05) is 60.7 Å². The van der Waals surface area contributed by atoms with Crippen molar-refractivity contribution in [2.24, 2.45) is 0 Å². The zero-order valence-corrected chi connectivity index (χ0v) is 27.7. The lowest BCUT2D eigenvalue weighted by atomic mass is 9.96. The predicted octanol–water partition coefficient (Wildman–Crippen LogP) is 7.92. The highest BCUT2D eigenvalue weighted by Gasteiger charge is 2.34. The summed E-state index contributed by atoms with van der Waals surface area (Å²) in [6.07, 6.45) is 2.84. The number of nitrogens with zero attached hydrogens (tertiary/aromatic N) is 5. The highest BCUT2D eigenvalue weighted by Crippen LogP contribution is 2.35. The minimum absolute atomic E-state index is 0.0673. The maximum atomic E-state index is 15.9. The number of piperazine rings is 1. The number of halogens is 1. The van der Waals surface area contributed by atoms with Gasteiger partial charge in [0.15, 0.2) is 11.9 Å². The Morgan fingerprint density at radius 3 is 2.38 bits per heavy atom. The molecule has 0 amide bonds. The number of rotatable bonds is 9. The number of benzene rings is 3. The first kappa shape index (κ1) is 31.5. The largest absolute Gasteiger partial charge is 0.489 e. The average molecular weight is 634 g/mol. The van der Waals surface area contributed by atoms with Gasteiger partial charge < -0.3 is 9.47 Å². The van der Waals surface area contributed by atoms with Crippen LogP contribution >= 0.6 is 0 Å². The zero-order chi connectivity index (χ0) is 32.4. The Hall–Kier alpha value is -4.11. The van der Waals surface area contributed by atoms with E-state index in [1.54, 1.807) is 6.07 Å². The van der Waals surface area contributed by atoms with Gasteiger partial charge in [0.05, 0.1) is 11.4 Å². The lowest BCUT2D eigenvalue weighted by Gasteiger charge is -2.47. The molecule has 7 rings (SSSR count). The number of pyridine rings is 1. The normalized spacial score (nSPS) is 18.9. The standard InChI is InChI=1S/C39H44FN5O2/c1-28-37-31(25-44-20-19-43(27-39(44,2)3)24-29-12-6-4-7-13-29)22-35(41-38(37)45(42-28)36-16-10-11-21-46-36)33-18-17-32(23-34(33)40)47-26-30-14-8-5-9-15-30/h4-9,12-15,17-18,22-23,36H,10-11,16,19-21,24-27H2,1-3H3. The number of ether oxygens (including phenoxy) is 2. The summed E-state index contributed by atoms with van der Waals surface area (Å²) in [5, 5.41) is 6.01. The Kier molecular flexibility index (Phi) is 9.08. The Balaban J connectivity index is 1.20. The van der Waals surface area contributed by atoms with Gasteiger partial charge in [0.25, 0.3) is 0 Å². The first-order valence-corrected chi connectivity index (χ1v) is 16.8. The fourth-order valence-electron chi connectivity index (χ4n) is 7.08. The van der Waals surface area contributed by atoms with Crippen molar-refractivity contribution in [3.05, 3.63) is 113 Å². The second kappa shape index (κ2) is 13.6. The molecule has 244 valence electrons. The van der Waals surface area contributed by atoms with Crippen LogP contribution in [0.2, 0.25) is 0 Å². The van der Waals surface area contributed by atoms with Gasteiger partial charge in [-0.25, -0.2) is 14.1 Å². The van der Waals surface area contributed by atoms with Gasteiger partial charge in [-0.05, 0) is 74.9 Å². The molecule has 1 unspecified atom stereocenters. The van der Waals surface area contributed by atoms with E-state index < -0.39 is 0 Å². The van der Waals surface area contributed by atoms with Crippen LogP contribution in [0.1, 0.15) is 61.7 Å². The summed E-state index contributed by atoms with van der Waals surface area (Å²) in [6, 6.07) is 27.7. The fourth-order valence-corrected chi connectivity index (χ4v) is 7.08. The number of hydrogen-bond donors (Lipinski definition) is 0. The molecular formula is C39H44FN5O2. The van der Waals surface area contributed by atoms with Crippen LogP contribution in [0.5, 0.6) is 5.75 Å². The summed E-state index contributed by atoms with van der Waals surface area (Å²) in [6.45, 7) is 12.3. The van der Waals surface area contributed by atoms with Crippen LogP contribution < -0.4 is 4.74 Å². The second-order valence-electron chi connectivity index (χ2n) is 13.6. The number of aryl methyl sites for hydroxylation is 1. The van der Waals surface area contributed by atoms with Crippen molar-refractivity contribution in [1.82, 2.24) is 24.6 Å². The summed E-state index contributed by atoms with van der Waals surface area (Å²) in [7, 11) is 0. The van der Waals surface area contributed by atoms with Crippen LogP contribution in [0.4, 0.5) is 4.39 Å². The minimum atomic E-state index is -0.361. The van der Waals surface area contributed by atoms with Crippen molar-refractivity contribution in [1.29, 1.82) is 0 Å². The number of hydrogen-bond acceptors (Lipinski definition) is 6. The molecule has 0 spiro atoms. The van der Waals surface area contributed by atoms with Crippen molar-refractivity contribution in [2.75, 3.05) is 26.2 Å². The van der Waals surface area contributed by atoms with E-state index in [-0.39, 0.29) is 17.6 Å². The van der Waals surface area contributed by atoms with Gasteiger partial charge in [-0.3, -0.25) is 9.80 Å². The van der Waals surface area contributed by atoms with Gasteiger partial charge in [-0.15, -0.1) is 0 Å². The molecule has 0 bridgehead atoms. The minimum Gasteiger partial charge on any atom is -0.489 e. The van der Waals surface area contributed by atoms with Crippen LogP contribution in [-0.2, 0) is 24.4 Å². The second-order valence-corrected chi connectivity index (χ2v) is 13.6. The lowest BCUT2D eigenvalue weighted by Crippen LogP contribution is -2.58. The van der Waals surface area contributed by atoms with Crippen molar-refractivity contribution in [2.45, 2.75) is 71.5 Å².